The van der Waals surface area contributed by atoms with E-state index >= 15 is 0 Å². The summed E-state index contributed by atoms with van der Waals surface area (Å²) in [7, 11) is 1.15. The lowest BCUT2D eigenvalue weighted by atomic mass is 10.1. The number of hydrogen-bond donors (Lipinski definition) is 0. The van der Waals surface area contributed by atoms with Crippen LogP contribution < -0.4 is 4.89 Å². The van der Waals surface area contributed by atoms with Crippen molar-refractivity contribution >= 4 is 19.8 Å². The Morgan fingerprint density at radius 1 is 0.525 bits per heavy atom. The summed E-state index contributed by atoms with van der Waals surface area (Å²) >= 11 is 0. The summed E-state index contributed by atoms with van der Waals surface area (Å²) in [5.74, 6) is -0.858. The number of likely N-dealkylation sites (N-methyl/N-ethyl adjacent to an activating group) is 1. The van der Waals surface area contributed by atoms with Crippen LogP contribution in [0, 0.1) is 0 Å². The summed E-state index contributed by atoms with van der Waals surface area (Å²) in [5.41, 5.74) is 0. The van der Waals surface area contributed by atoms with E-state index in [1.54, 1.807) is 0 Å². The van der Waals surface area contributed by atoms with Crippen LogP contribution in [0.25, 0.3) is 0 Å². The lowest BCUT2D eigenvalue weighted by Gasteiger charge is -2.28. The number of carbonyl (C=O) groups is 2. The molecule has 2 unspecified atom stereocenters. The molecule has 0 aliphatic rings. The molecule has 2 atom stereocenters. The highest BCUT2D eigenvalue weighted by Crippen LogP contribution is 2.38. The number of phosphoric acid groups is 1. The lowest BCUT2D eigenvalue weighted by molar-refractivity contribution is -0.870. The molecule has 0 heterocycles. The summed E-state index contributed by atoms with van der Waals surface area (Å²) in [6.07, 6.45) is 54.9. The Morgan fingerprint density at radius 2 is 0.934 bits per heavy atom. The van der Waals surface area contributed by atoms with Gasteiger partial charge in [0.1, 0.15) is 19.8 Å². The predicted octanol–water partition coefficient (Wildman–Crippen LogP) is 13.3. The molecule has 0 radical (unpaired) electrons. The predicted molar refractivity (Wildman–Crippen MR) is 254 cm³/mol. The van der Waals surface area contributed by atoms with Crippen LogP contribution in [0.4, 0.5) is 0 Å². The van der Waals surface area contributed by atoms with Gasteiger partial charge in [0.05, 0.1) is 27.7 Å². The van der Waals surface area contributed by atoms with Crippen molar-refractivity contribution in [1.82, 2.24) is 0 Å². The van der Waals surface area contributed by atoms with E-state index in [9.17, 15) is 19.0 Å². The highest BCUT2D eigenvalue weighted by Gasteiger charge is 2.21. The van der Waals surface area contributed by atoms with Crippen molar-refractivity contribution in [1.29, 1.82) is 0 Å². The van der Waals surface area contributed by atoms with Gasteiger partial charge in [0.15, 0.2) is 6.10 Å². The maximum atomic E-state index is 12.7. The Hall–Kier alpha value is -2.81. The van der Waals surface area contributed by atoms with E-state index < -0.39 is 32.5 Å². The maximum Gasteiger partial charge on any atom is 0.306 e. The van der Waals surface area contributed by atoms with Gasteiger partial charge in [-0.2, -0.15) is 0 Å². The molecule has 0 aromatic carbocycles. The van der Waals surface area contributed by atoms with Gasteiger partial charge in [-0.25, -0.2) is 0 Å². The largest absolute Gasteiger partial charge is 0.756 e. The molecule has 0 amide bonds. The number of rotatable bonds is 42. The molecule has 0 fully saturated rings. The monoisotopic (exact) mass is 874 g/mol. The van der Waals surface area contributed by atoms with Crippen molar-refractivity contribution in [3.05, 3.63) is 85.1 Å². The van der Waals surface area contributed by atoms with Gasteiger partial charge in [-0.3, -0.25) is 14.2 Å². The quantitative estimate of drug-likeness (QED) is 0.0196. The van der Waals surface area contributed by atoms with Gasteiger partial charge in [-0.05, 0) is 70.6 Å². The fourth-order valence-corrected chi connectivity index (χ4v) is 6.72. The van der Waals surface area contributed by atoms with Crippen LogP contribution >= 0.6 is 7.82 Å². The third kappa shape index (κ3) is 46.5. The third-order valence-corrected chi connectivity index (χ3v) is 10.6. The normalized spacial score (nSPS) is 14.3. The molecular weight excluding hydrogens is 786 g/mol. The van der Waals surface area contributed by atoms with Crippen LogP contribution in [0.15, 0.2) is 85.1 Å². The molecular formula is C51H88NO8P. The number of allylic oxidation sites excluding steroid dienone is 14. The molecule has 0 N–H and O–H groups in total. The average molecular weight is 874 g/mol. The Labute approximate surface area is 373 Å². The second-order valence-electron chi connectivity index (χ2n) is 16.7. The smallest absolute Gasteiger partial charge is 0.306 e. The van der Waals surface area contributed by atoms with Crippen molar-refractivity contribution in [3.8, 4) is 0 Å². The van der Waals surface area contributed by atoms with E-state index in [0.717, 1.165) is 89.9 Å². The molecule has 0 saturated carbocycles. The third-order valence-electron chi connectivity index (χ3n) is 9.68. The van der Waals surface area contributed by atoms with Crippen LogP contribution in [-0.4, -0.2) is 70.0 Å². The van der Waals surface area contributed by atoms with Gasteiger partial charge in [-0.1, -0.05) is 176 Å². The van der Waals surface area contributed by atoms with Crippen molar-refractivity contribution < 1.29 is 42.1 Å². The molecule has 0 aliphatic carbocycles. The number of quaternary nitrogens is 1. The molecule has 0 aromatic heterocycles. The number of carbonyl (C=O) groups excluding carboxylic acids is 2. The maximum absolute atomic E-state index is 12.7. The van der Waals surface area contributed by atoms with Gasteiger partial charge in [0, 0.05) is 12.8 Å². The number of ether oxygens (including phenoxy) is 2. The highest BCUT2D eigenvalue weighted by atomic mass is 31.2. The van der Waals surface area contributed by atoms with Crippen molar-refractivity contribution in [3.63, 3.8) is 0 Å². The van der Waals surface area contributed by atoms with Crippen LogP contribution in [0.3, 0.4) is 0 Å². The van der Waals surface area contributed by atoms with E-state index in [4.69, 9.17) is 18.5 Å². The minimum atomic E-state index is -4.63. The summed E-state index contributed by atoms with van der Waals surface area (Å²) in [6.45, 7) is 4.05. The van der Waals surface area contributed by atoms with E-state index in [2.05, 4.69) is 98.9 Å². The first-order valence-electron chi connectivity index (χ1n) is 23.8. The van der Waals surface area contributed by atoms with Crippen molar-refractivity contribution in [2.75, 3.05) is 47.5 Å². The molecule has 0 spiro atoms. The molecule has 0 saturated heterocycles. The first-order chi connectivity index (χ1) is 29.5. The molecule has 0 aromatic rings. The zero-order chi connectivity index (χ0) is 45.0. The molecule has 9 nitrogen and oxygen atoms in total. The SMILES string of the molecule is CC/C=C\C/C=C\C/C=C\C/C=C\C/C=C\C/C=C\C/C=C\CCCCCCCCCC(=O)OC(COC(=O)CCCCCCCCCC)COP(=O)([O-])OCC[N+](C)(C)C. The second-order valence-corrected chi connectivity index (χ2v) is 18.2. The first kappa shape index (κ1) is 58.2. The number of unbranched alkanes of at least 4 members (excludes halogenated alkanes) is 14. The second kappa shape index (κ2) is 42.5. The van der Waals surface area contributed by atoms with Crippen molar-refractivity contribution in [2.24, 2.45) is 0 Å². The molecule has 0 bridgehead atoms. The summed E-state index contributed by atoms with van der Waals surface area (Å²) in [4.78, 5) is 37.4. The van der Waals surface area contributed by atoms with Crippen LogP contribution in [0.5, 0.6) is 0 Å². The van der Waals surface area contributed by atoms with Crippen molar-refractivity contribution in [2.45, 2.75) is 180 Å². The van der Waals surface area contributed by atoms with E-state index in [0.29, 0.717) is 17.4 Å². The summed E-state index contributed by atoms with van der Waals surface area (Å²) < 4.78 is 33.8. The van der Waals surface area contributed by atoms with Crippen LogP contribution in [0.1, 0.15) is 174 Å². The van der Waals surface area contributed by atoms with Crippen LogP contribution in [-0.2, 0) is 32.7 Å². The number of phosphoric ester groups is 1. The molecule has 0 aliphatic heterocycles. The minimum Gasteiger partial charge on any atom is -0.756 e. The summed E-state index contributed by atoms with van der Waals surface area (Å²) in [5, 5.41) is 0. The molecule has 350 valence electrons. The zero-order valence-electron chi connectivity index (χ0n) is 39.3. The van der Waals surface area contributed by atoms with Crippen LogP contribution in [0.2, 0.25) is 0 Å². The number of nitrogens with zero attached hydrogens (tertiary/aromatic N) is 1. The Bertz CT molecular complexity index is 1310. The summed E-state index contributed by atoms with van der Waals surface area (Å²) in [6, 6.07) is 0. The van der Waals surface area contributed by atoms with Gasteiger partial charge in [0.25, 0.3) is 7.82 Å². The Balaban J connectivity index is 4.19. The fraction of sp³-hybridized carbons (Fsp3) is 0.686. The Morgan fingerprint density at radius 3 is 1.39 bits per heavy atom. The first-order valence-corrected chi connectivity index (χ1v) is 25.3. The number of hydrogen-bond acceptors (Lipinski definition) is 8. The standard InChI is InChI=1S/C51H88NO8P/c1-6-8-10-12-14-16-17-18-19-20-21-22-23-24-25-26-27-28-29-30-31-32-33-34-35-36-38-40-42-44-51(54)60-49(48-59-61(55,56)58-46-45-52(3,4)5)47-57-50(53)43-41-39-37-15-13-11-9-7-2/h8,10,14,16,18-19,21-22,24-25,27-28,30-31,49H,6-7,9,11-13,15,17,20,23,26,29,32-48H2,1-5H3/b10-8-,16-14-,19-18-,22-21-,25-24-,28-27-,31-30-. The fourth-order valence-electron chi connectivity index (χ4n) is 5.99. The molecule has 61 heavy (non-hydrogen) atoms. The molecule has 0 rings (SSSR count). The van der Waals surface area contributed by atoms with E-state index in [-0.39, 0.29) is 26.1 Å². The highest BCUT2D eigenvalue weighted by molar-refractivity contribution is 7.45. The van der Waals surface area contributed by atoms with Gasteiger partial charge in [0.2, 0.25) is 0 Å². The average Bonchev–Trinajstić information content (AvgIpc) is 3.21. The van der Waals surface area contributed by atoms with Gasteiger partial charge in [-0.15, -0.1) is 0 Å². The number of esters is 2. The lowest BCUT2D eigenvalue weighted by Crippen LogP contribution is -2.37. The van der Waals surface area contributed by atoms with E-state index in [1.807, 2.05) is 21.1 Å². The van der Waals surface area contributed by atoms with E-state index in [1.165, 1.54) is 51.4 Å². The molecule has 10 heteroatoms. The Kier molecular flexibility index (Phi) is 40.5. The van der Waals surface area contributed by atoms with Gasteiger partial charge < -0.3 is 27.9 Å². The zero-order valence-corrected chi connectivity index (χ0v) is 40.2. The minimum absolute atomic E-state index is 0.0366. The topological polar surface area (TPSA) is 111 Å². The van der Waals surface area contributed by atoms with Gasteiger partial charge >= 0.3 is 11.9 Å².